The van der Waals surface area contributed by atoms with E-state index in [0.29, 0.717) is 25.8 Å². The number of nitrogens with two attached hydrogens (primary N) is 2. The standard InChI is InChI=1S/C19H35N5O4/c1-6-11(4)15(16(21)25)23-18(27)13-8-7-9-24(13)19(28)14(10(2)3)22-17(26)12(5)20/h10-15H,6-9,20H2,1-5H3,(H2,21,25)(H,22,26)(H,23,27)/t11-,12+,13+,14+,15+/m1/s1. The zero-order valence-corrected chi connectivity index (χ0v) is 17.5. The Morgan fingerprint density at radius 2 is 1.68 bits per heavy atom. The lowest BCUT2D eigenvalue weighted by Crippen LogP contribution is -2.58. The van der Waals surface area contributed by atoms with E-state index in [4.69, 9.17) is 11.5 Å². The molecule has 5 atom stereocenters. The van der Waals surface area contributed by atoms with Gasteiger partial charge in [-0.25, -0.2) is 0 Å². The highest BCUT2D eigenvalue weighted by Crippen LogP contribution is 2.21. The maximum Gasteiger partial charge on any atom is 0.246 e. The smallest absolute Gasteiger partial charge is 0.246 e. The van der Waals surface area contributed by atoms with Crippen LogP contribution in [0.1, 0.15) is 53.9 Å². The van der Waals surface area contributed by atoms with E-state index in [1.807, 2.05) is 27.7 Å². The van der Waals surface area contributed by atoms with Gasteiger partial charge in [-0.15, -0.1) is 0 Å². The van der Waals surface area contributed by atoms with E-state index in [9.17, 15) is 19.2 Å². The molecule has 0 radical (unpaired) electrons. The molecule has 1 fully saturated rings. The summed E-state index contributed by atoms with van der Waals surface area (Å²) in [5.74, 6) is -2.00. The van der Waals surface area contributed by atoms with Gasteiger partial charge in [-0.1, -0.05) is 34.1 Å². The van der Waals surface area contributed by atoms with E-state index in [1.54, 1.807) is 6.92 Å². The minimum Gasteiger partial charge on any atom is -0.368 e. The fraction of sp³-hybridized carbons (Fsp3) is 0.789. The molecule has 0 aromatic carbocycles. The fourth-order valence-electron chi connectivity index (χ4n) is 3.26. The topological polar surface area (TPSA) is 148 Å². The van der Waals surface area contributed by atoms with Crippen molar-refractivity contribution in [2.45, 2.75) is 78.0 Å². The van der Waals surface area contributed by atoms with Crippen LogP contribution in [0.15, 0.2) is 0 Å². The number of carbonyl (C=O) groups is 4. The summed E-state index contributed by atoms with van der Waals surface area (Å²) in [6, 6.07) is -2.98. The van der Waals surface area contributed by atoms with Crippen molar-refractivity contribution >= 4 is 23.6 Å². The quantitative estimate of drug-likeness (QED) is 0.413. The van der Waals surface area contributed by atoms with Gasteiger partial charge >= 0.3 is 0 Å². The molecule has 0 unspecified atom stereocenters. The van der Waals surface area contributed by atoms with E-state index < -0.39 is 41.9 Å². The Labute approximate surface area is 166 Å². The average Bonchev–Trinajstić information content (AvgIpc) is 3.11. The molecule has 6 N–H and O–H groups in total. The Morgan fingerprint density at radius 3 is 2.14 bits per heavy atom. The van der Waals surface area contributed by atoms with Gasteiger partial charge in [0.05, 0.1) is 6.04 Å². The van der Waals surface area contributed by atoms with E-state index >= 15 is 0 Å². The number of hydrogen-bond donors (Lipinski definition) is 4. The first-order valence-corrected chi connectivity index (χ1v) is 9.97. The Bertz CT molecular complexity index is 593. The van der Waals surface area contributed by atoms with Crippen LogP contribution >= 0.6 is 0 Å². The lowest BCUT2D eigenvalue weighted by atomic mass is 9.98. The van der Waals surface area contributed by atoms with Gasteiger partial charge in [-0.3, -0.25) is 19.2 Å². The molecule has 1 aliphatic heterocycles. The van der Waals surface area contributed by atoms with Crippen LogP contribution in [-0.4, -0.2) is 59.2 Å². The summed E-state index contributed by atoms with van der Waals surface area (Å²) >= 11 is 0. The minimum absolute atomic E-state index is 0.110. The first-order chi connectivity index (χ1) is 13.0. The molecular weight excluding hydrogens is 362 g/mol. The van der Waals surface area contributed by atoms with Crippen molar-refractivity contribution in [2.24, 2.45) is 23.3 Å². The van der Waals surface area contributed by atoms with Crippen LogP contribution in [0.4, 0.5) is 0 Å². The zero-order valence-electron chi connectivity index (χ0n) is 17.5. The van der Waals surface area contributed by atoms with Crippen LogP contribution in [0, 0.1) is 11.8 Å². The third-order valence-electron chi connectivity index (χ3n) is 5.30. The molecule has 160 valence electrons. The van der Waals surface area contributed by atoms with Gasteiger partial charge in [0.1, 0.15) is 18.1 Å². The molecule has 0 aromatic heterocycles. The van der Waals surface area contributed by atoms with Gasteiger partial charge in [-0.05, 0) is 31.6 Å². The maximum atomic E-state index is 13.1. The summed E-state index contributed by atoms with van der Waals surface area (Å²) in [5.41, 5.74) is 11.0. The molecule has 0 spiro atoms. The van der Waals surface area contributed by atoms with Gasteiger partial charge in [0.15, 0.2) is 0 Å². The normalized spacial score (nSPS) is 21.0. The molecular formula is C19H35N5O4. The highest BCUT2D eigenvalue weighted by Gasteiger charge is 2.40. The van der Waals surface area contributed by atoms with Crippen LogP contribution in [-0.2, 0) is 19.2 Å². The number of hydrogen-bond acceptors (Lipinski definition) is 5. The van der Waals surface area contributed by atoms with Gasteiger partial charge in [-0.2, -0.15) is 0 Å². The molecule has 1 saturated heterocycles. The number of rotatable bonds is 9. The lowest BCUT2D eigenvalue weighted by Gasteiger charge is -2.32. The Hall–Kier alpha value is -2.16. The maximum absolute atomic E-state index is 13.1. The van der Waals surface area contributed by atoms with Gasteiger partial charge in [0.25, 0.3) is 0 Å². The van der Waals surface area contributed by atoms with Crippen LogP contribution in [0.25, 0.3) is 0 Å². The molecule has 1 heterocycles. The van der Waals surface area contributed by atoms with Crippen molar-refractivity contribution in [1.82, 2.24) is 15.5 Å². The minimum atomic E-state index is -0.784. The molecule has 1 rings (SSSR count). The summed E-state index contributed by atoms with van der Waals surface area (Å²) in [4.78, 5) is 51.0. The van der Waals surface area contributed by atoms with Crippen LogP contribution in [0.5, 0.6) is 0 Å². The molecule has 28 heavy (non-hydrogen) atoms. The van der Waals surface area contributed by atoms with Crippen molar-refractivity contribution in [3.05, 3.63) is 0 Å². The second-order valence-corrected chi connectivity index (χ2v) is 7.98. The van der Waals surface area contributed by atoms with Gasteiger partial charge < -0.3 is 27.0 Å². The molecule has 1 aliphatic rings. The van der Waals surface area contributed by atoms with Crippen LogP contribution < -0.4 is 22.1 Å². The number of carbonyl (C=O) groups excluding carboxylic acids is 4. The van der Waals surface area contributed by atoms with Crippen LogP contribution in [0.3, 0.4) is 0 Å². The number of nitrogens with one attached hydrogen (secondary N) is 2. The van der Waals surface area contributed by atoms with Crippen molar-refractivity contribution in [2.75, 3.05) is 6.54 Å². The summed E-state index contributed by atoms with van der Waals surface area (Å²) in [6.07, 6.45) is 1.84. The fourth-order valence-corrected chi connectivity index (χ4v) is 3.26. The van der Waals surface area contributed by atoms with Crippen molar-refractivity contribution < 1.29 is 19.2 Å². The van der Waals surface area contributed by atoms with E-state index in [0.717, 1.165) is 0 Å². The van der Waals surface area contributed by atoms with Gasteiger partial charge in [0.2, 0.25) is 23.6 Å². The molecule has 0 aromatic rings. The van der Waals surface area contributed by atoms with Crippen LogP contribution in [0.2, 0.25) is 0 Å². The summed E-state index contributed by atoms with van der Waals surface area (Å²) < 4.78 is 0. The first kappa shape index (κ1) is 23.9. The highest BCUT2D eigenvalue weighted by molar-refractivity contribution is 5.95. The largest absolute Gasteiger partial charge is 0.368 e. The third-order valence-corrected chi connectivity index (χ3v) is 5.30. The molecule has 0 bridgehead atoms. The number of likely N-dealkylation sites (tertiary alicyclic amines) is 1. The number of amides is 4. The van der Waals surface area contributed by atoms with Crippen molar-refractivity contribution in [3.8, 4) is 0 Å². The molecule has 9 heteroatoms. The summed E-state index contributed by atoms with van der Waals surface area (Å²) in [6.45, 7) is 9.35. The SMILES string of the molecule is CC[C@@H](C)[C@H](NC(=O)[C@@H]1CCCN1C(=O)[C@@H](NC(=O)[C@H](C)N)C(C)C)C(N)=O. The number of primary amides is 1. The van der Waals surface area contributed by atoms with E-state index in [-0.39, 0.29) is 17.7 Å². The summed E-state index contributed by atoms with van der Waals surface area (Å²) in [7, 11) is 0. The van der Waals surface area contributed by atoms with Crippen molar-refractivity contribution in [3.63, 3.8) is 0 Å². The van der Waals surface area contributed by atoms with E-state index in [1.165, 1.54) is 4.90 Å². The van der Waals surface area contributed by atoms with E-state index in [2.05, 4.69) is 10.6 Å². The molecule has 0 saturated carbocycles. The molecule has 4 amide bonds. The number of nitrogens with zero attached hydrogens (tertiary/aromatic N) is 1. The Morgan fingerprint density at radius 1 is 1.07 bits per heavy atom. The summed E-state index contributed by atoms with van der Waals surface area (Å²) in [5, 5.41) is 5.38. The third kappa shape index (κ3) is 5.92. The Kier molecular flexibility index (Phi) is 8.87. The predicted octanol–water partition coefficient (Wildman–Crippen LogP) is -0.518. The zero-order chi connectivity index (χ0) is 21.6. The molecule has 0 aliphatic carbocycles. The first-order valence-electron chi connectivity index (χ1n) is 9.97. The lowest BCUT2D eigenvalue weighted by molar-refractivity contribution is -0.143. The second kappa shape index (κ2) is 10.4. The highest BCUT2D eigenvalue weighted by atomic mass is 16.2. The Balaban J connectivity index is 2.94. The van der Waals surface area contributed by atoms with Crippen molar-refractivity contribution in [1.29, 1.82) is 0 Å². The monoisotopic (exact) mass is 397 g/mol. The van der Waals surface area contributed by atoms with Gasteiger partial charge in [0, 0.05) is 6.54 Å². The average molecular weight is 398 g/mol. The molecule has 9 nitrogen and oxygen atoms in total. The predicted molar refractivity (Wildman–Crippen MR) is 106 cm³/mol. The second-order valence-electron chi connectivity index (χ2n) is 7.98.